The van der Waals surface area contributed by atoms with E-state index in [2.05, 4.69) is 64.2 Å². The molecule has 36 heteroatoms. The summed E-state index contributed by atoms with van der Waals surface area (Å²) in [6.07, 6.45) is 10.7. The third-order valence-electron chi connectivity index (χ3n) is 18.3. The third kappa shape index (κ3) is 26.0. The van der Waals surface area contributed by atoms with Crippen LogP contribution in [0.3, 0.4) is 0 Å². The number of carbonyl (C=O) groups is 6. The normalized spacial score (nSPS) is 11.6. The van der Waals surface area contributed by atoms with Gasteiger partial charge in [-0.25, -0.2) is 59.1 Å². The van der Waals surface area contributed by atoms with E-state index in [0.29, 0.717) is 66.7 Å². The molecule has 0 aliphatic heterocycles. The van der Waals surface area contributed by atoms with Crippen molar-refractivity contribution >= 4 is 161 Å². The summed E-state index contributed by atoms with van der Waals surface area (Å²) in [5, 5.41) is 38.9. The van der Waals surface area contributed by atoms with Crippen LogP contribution >= 0.6 is 103 Å². The first-order valence-electron chi connectivity index (χ1n) is 37.5. The number of methoxy groups -OCH3 is 1. The summed E-state index contributed by atoms with van der Waals surface area (Å²) in [5.41, 5.74) is 3.39. The number of aryl methyl sites for hydroxylation is 2. The number of carboxylic acid groups (broad SMARTS) is 3. The average Bonchev–Trinajstić information content (AvgIpc) is 1.57. The van der Waals surface area contributed by atoms with E-state index in [0.717, 1.165) is 71.9 Å². The average molecular weight is 2000 g/mol. The van der Waals surface area contributed by atoms with Crippen molar-refractivity contribution in [3.63, 3.8) is 0 Å². The largest absolute Gasteiger partial charge is 1.00 e. The van der Waals surface area contributed by atoms with Gasteiger partial charge in [-0.05, 0) is 201 Å². The summed E-state index contributed by atoms with van der Waals surface area (Å²) in [7, 11) is 1.61. The zero-order chi connectivity index (χ0) is 89.2. The van der Waals surface area contributed by atoms with Gasteiger partial charge in [-0.15, -0.1) is 24.4 Å². The monoisotopic (exact) mass is 2000 g/mol. The van der Waals surface area contributed by atoms with E-state index in [9.17, 15) is 65.3 Å². The fraction of sp³-hybridized carbons (Fsp3) is 0.231. The molecule has 0 atom stereocenters. The molecular formula is C91H85Br2Cl2F8N6NaO13S4. The van der Waals surface area contributed by atoms with Gasteiger partial charge in [-0.2, -0.15) is 10.2 Å². The number of esters is 3. The van der Waals surface area contributed by atoms with Gasteiger partial charge in [0.1, 0.15) is 11.6 Å². The van der Waals surface area contributed by atoms with Crippen molar-refractivity contribution in [2.75, 3.05) is 26.9 Å². The first kappa shape index (κ1) is 106. The van der Waals surface area contributed by atoms with Gasteiger partial charge in [-0.3, -0.25) is 9.36 Å². The molecule has 0 unspecified atom stereocenters. The number of thiol groups is 1. The van der Waals surface area contributed by atoms with Crippen LogP contribution in [0.2, 0.25) is 10.0 Å². The number of halogens is 12. The van der Waals surface area contributed by atoms with E-state index >= 15 is 8.78 Å². The van der Waals surface area contributed by atoms with Crippen LogP contribution in [-0.2, 0) is 33.1 Å². The van der Waals surface area contributed by atoms with Crippen LogP contribution in [0.15, 0.2) is 221 Å². The molecule has 0 amide bonds. The Morgan fingerprint density at radius 1 is 0.480 bits per heavy atom. The Hall–Kier alpha value is -9.52. The van der Waals surface area contributed by atoms with E-state index in [1.807, 2.05) is 59.6 Å². The van der Waals surface area contributed by atoms with Crippen LogP contribution in [0.1, 0.15) is 174 Å². The Morgan fingerprint density at radius 3 is 1.21 bits per heavy atom. The summed E-state index contributed by atoms with van der Waals surface area (Å²) in [6.45, 7) is 11.0. The van der Waals surface area contributed by atoms with Gasteiger partial charge in [0.2, 0.25) is 0 Å². The summed E-state index contributed by atoms with van der Waals surface area (Å²) < 4.78 is 141. The number of carboxylic acids is 3. The zero-order valence-corrected chi connectivity index (χ0v) is 76.9. The Balaban J connectivity index is 0.000000245. The van der Waals surface area contributed by atoms with Crippen molar-refractivity contribution in [2.45, 2.75) is 143 Å². The van der Waals surface area contributed by atoms with Crippen molar-refractivity contribution in [3.8, 4) is 17.1 Å². The standard InChI is InChI=1S/2C23H18ClF2N3O2S.C17H17FO3S.C9H8BrFO2.C9H9FO2S.C7H4BrFO2.3CH4.Na/c2*1-2-28-11-13(10-27-28)29-20(12-6-7-12)22(15-8-9-16(24)19(26)21(15)29)32-17-5-3-4-14(18(17)25)23(30)31;1-3-21-17(19)14-5-4-6-15(16(14)18)22-11-12-7-9-13(20-2)10-8-12;1-2-13-9(12)6-4-3-5-7(10)8(6)11;1-2-12-9(11)6-4-3-5-7(13)8(6)10;8-5-3-1-2-4(6(5)9)7(10)11;;;;/h2*3-5,8-12H,2,6-7H2,1H3,(H,30,31);4-10H,3,11H2,1-2H3;3-5H,2H2,1H3;3-5,13H,2H2,1H3;1-3H,(H,10,11);3*1H4;/q;;;;;;;;;+1/p-1. The molecule has 4 aromatic heterocycles. The van der Waals surface area contributed by atoms with Crippen molar-refractivity contribution in [1.29, 1.82) is 0 Å². The maximum atomic E-state index is 15.4. The number of nitrogens with zero attached hydrogens (tertiary/aromatic N) is 6. The van der Waals surface area contributed by atoms with Crippen molar-refractivity contribution < 1.29 is 128 Å². The van der Waals surface area contributed by atoms with Crippen LogP contribution in [0.25, 0.3) is 33.2 Å². The molecular weight excluding hydrogens is 1920 g/mol. The van der Waals surface area contributed by atoms with Gasteiger partial charge in [0, 0.05) is 100 Å². The van der Waals surface area contributed by atoms with E-state index in [4.69, 9.17) is 37.8 Å². The molecule has 2 aliphatic carbocycles. The SMILES string of the molecule is C.C.C.CCOC(=O)c1cccc(Br)c1F.CCOC(=O)c1cccc(S)c1F.CCOC(=O)c1cccc(SCc2ccc(OC)cc2)c1F.CCn1cc(-n2c(C3CC3)c(Sc3cccc(C(=O)O)c3F)c3ccc(Cl)c(F)c32)cn1.CCn1cc(-n2c(C3CC3)c(Sc3cccc(C(=O)[O-])c3F)c3ccc(Cl)c(F)c32)cn1.O=C(O)c1cccc(Br)c1F.[Na+]. The molecule has 2 aliphatic rings. The summed E-state index contributed by atoms with van der Waals surface area (Å²) in [4.78, 5) is 69.2. The molecule has 4 heterocycles. The topological polar surface area (TPSA) is 248 Å². The Morgan fingerprint density at radius 2 is 0.835 bits per heavy atom. The van der Waals surface area contributed by atoms with Crippen molar-refractivity contribution in [1.82, 2.24) is 28.7 Å². The van der Waals surface area contributed by atoms with Gasteiger partial charge in [0.15, 0.2) is 40.7 Å². The maximum absolute atomic E-state index is 15.4. The Bertz CT molecular complexity index is 5830. The third-order valence-corrected chi connectivity index (χ3v) is 23.9. The number of rotatable bonds is 23. The van der Waals surface area contributed by atoms with Crippen molar-refractivity contribution in [2.24, 2.45) is 0 Å². The second-order valence-electron chi connectivity index (χ2n) is 26.4. The molecule has 2 N–H and O–H groups in total. The number of thioether (sulfide) groups is 1. The number of fused-ring (bicyclic) bond motifs is 2. The number of carbonyl (C=O) groups excluding carboxylic acids is 4. The van der Waals surface area contributed by atoms with Gasteiger partial charge in [-0.1, -0.05) is 124 Å². The molecule has 0 spiro atoms. The molecule has 13 aromatic rings. The van der Waals surface area contributed by atoms with E-state index in [1.54, 1.807) is 86.0 Å². The second-order valence-corrected chi connectivity index (χ2v) is 32.5. The van der Waals surface area contributed by atoms with Crippen LogP contribution < -0.4 is 39.4 Å². The number of aromatic nitrogens is 6. The van der Waals surface area contributed by atoms with E-state index in [-0.39, 0.29) is 139 Å². The van der Waals surface area contributed by atoms with Crippen LogP contribution in [0.4, 0.5) is 35.1 Å². The smallest absolute Gasteiger partial charge is 0.545 e. The van der Waals surface area contributed by atoms with E-state index < -0.39 is 93.5 Å². The predicted molar refractivity (Wildman–Crippen MR) is 482 cm³/mol. The summed E-state index contributed by atoms with van der Waals surface area (Å²) in [6, 6.07) is 40.2. The fourth-order valence-corrected chi connectivity index (χ4v) is 16.7. The minimum Gasteiger partial charge on any atom is -0.545 e. The number of hydrogen-bond acceptors (Lipinski definition) is 17. The molecule has 15 rings (SSSR count). The first-order valence-corrected chi connectivity index (χ1v) is 42.9. The molecule has 0 radical (unpaired) electrons. The molecule has 0 bridgehead atoms. The molecule has 127 heavy (non-hydrogen) atoms. The molecule has 0 saturated heterocycles. The number of benzene rings is 9. The van der Waals surface area contributed by atoms with Gasteiger partial charge < -0.3 is 48.2 Å². The fourth-order valence-electron chi connectivity index (χ4n) is 12.1. The van der Waals surface area contributed by atoms with Gasteiger partial charge >= 0.3 is 59.4 Å². The Kier molecular flexibility index (Phi) is 41.3. The molecule has 19 nitrogen and oxygen atoms in total. The Labute approximate surface area is 795 Å². The van der Waals surface area contributed by atoms with Gasteiger partial charge in [0.25, 0.3) is 0 Å². The first-order chi connectivity index (χ1) is 58.9. The molecule has 2 fully saturated rings. The van der Waals surface area contributed by atoms with Gasteiger partial charge in [0.05, 0.1) is 115 Å². The van der Waals surface area contributed by atoms with Crippen molar-refractivity contribution in [3.05, 3.63) is 298 Å². The number of hydrogen-bond donors (Lipinski definition) is 3. The molecule has 2 saturated carbocycles. The second kappa shape index (κ2) is 49.3. The number of ether oxygens (including phenoxy) is 4. The zero-order valence-electron chi connectivity index (χ0n) is 66.8. The van der Waals surface area contributed by atoms with E-state index in [1.165, 1.54) is 109 Å². The predicted octanol–water partition coefficient (Wildman–Crippen LogP) is 22.2. The van der Waals surface area contributed by atoms with Crippen LogP contribution in [-0.4, -0.2) is 102 Å². The molecule has 9 aromatic carbocycles. The number of aromatic carboxylic acids is 3. The summed E-state index contributed by atoms with van der Waals surface area (Å²) in [5.74, 6) is -9.64. The minimum atomic E-state index is -1.58. The minimum absolute atomic E-state index is 0. The summed E-state index contributed by atoms with van der Waals surface area (Å²) >= 11 is 25.5. The quantitative estimate of drug-likeness (QED) is 0.0134. The van der Waals surface area contributed by atoms with Crippen LogP contribution in [0, 0.1) is 46.5 Å². The maximum Gasteiger partial charge on any atom is 1.00 e. The van der Waals surface area contributed by atoms with Crippen LogP contribution in [0.5, 0.6) is 5.75 Å². The molecule has 666 valence electrons.